The normalized spacial score (nSPS) is 35.8. The summed E-state index contributed by atoms with van der Waals surface area (Å²) in [6.45, 7) is 9.18. The SMILES string of the molecule is CSC(C)C1CNCC(CC(C)C2COCCN2)O1. The second kappa shape index (κ2) is 7.84. The van der Waals surface area contributed by atoms with Gasteiger partial charge < -0.3 is 20.1 Å². The van der Waals surface area contributed by atoms with E-state index in [0.29, 0.717) is 29.4 Å². The second-order valence-corrected chi connectivity index (χ2v) is 6.96. The molecule has 0 radical (unpaired) electrons. The van der Waals surface area contributed by atoms with E-state index in [0.717, 1.165) is 39.3 Å². The van der Waals surface area contributed by atoms with E-state index in [1.807, 2.05) is 11.8 Å². The largest absolute Gasteiger partial charge is 0.379 e. The predicted octanol–water partition coefficient (Wildman–Crippen LogP) is 1.11. The zero-order valence-corrected chi connectivity index (χ0v) is 13.2. The molecule has 2 fully saturated rings. The molecule has 0 aromatic rings. The highest BCUT2D eigenvalue weighted by Gasteiger charge is 2.29. The van der Waals surface area contributed by atoms with Crippen LogP contribution in [0, 0.1) is 5.92 Å². The lowest BCUT2D eigenvalue weighted by molar-refractivity contribution is -0.0507. The Morgan fingerprint density at radius 1 is 1.32 bits per heavy atom. The first kappa shape index (κ1) is 15.6. The van der Waals surface area contributed by atoms with Crippen LogP contribution in [0.25, 0.3) is 0 Å². The fourth-order valence-corrected chi connectivity index (χ4v) is 3.29. The van der Waals surface area contributed by atoms with Crippen molar-refractivity contribution in [1.82, 2.24) is 10.6 Å². The van der Waals surface area contributed by atoms with Gasteiger partial charge in [-0.1, -0.05) is 13.8 Å². The zero-order valence-electron chi connectivity index (χ0n) is 12.4. The molecule has 0 bridgehead atoms. The van der Waals surface area contributed by atoms with Crippen LogP contribution in [0.15, 0.2) is 0 Å². The van der Waals surface area contributed by atoms with Gasteiger partial charge in [-0.3, -0.25) is 0 Å². The van der Waals surface area contributed by atoms with Gasteiger partial charge in [0, 0.05) is 30.9 Å². The molecule has 5 heteroatoms. The van der Waals surface area contributed by atoms with Crippen LogP contribution in [0.1, 0.15) is 20.3 Å². The summed E-state index contributed by atoms with van der Waals surface area (Å²) < 4.78 is 11.8. The monoisotopic (exact) mass is 288 g/mol. The van der Waals surface area contributed by atoms with E-state index in [1.165, 1.54) is 0 Å². The number of hydrogen-bond donors (Lipinski definition) is 2. The number of thioether (sulfide) groups is 1. The summed E-state index contributed by atoms with van der Waals surface area (Å²) in [7, 11) is 0. The molecular weight excluding hydrogens is 260 g/mol. The molecule has 0 amide bonds. The summed E-state index contributed by atoms with van der Waals surface area (Å²) in [6.07, 6.45) is 3.94. The van der Waals surface area contributed by atoms with Gasteiger partial charge in [0.2, 0.25) is 0 Å². The maximum absolute atomic E-state index is 6.25. The van der Waals surface area contributed by atoms with Gasteiger partial charge in [0.25, 0.3) is 0 Å². The molecule has 2 rings (SSSR count). The summed E-state index contributed by atoms with van der Waals surface area (Å²) in [5.41, 5.74) is 0. The molecule has 0 saturated carbocycles. The Morgan fingerprint density at radius 2 is 2.16 bits per heavy atom. The molecule has 112 valence electrons. The fourth-order valence-electron chi connectivity index (χ4n) is 2.83. The average molecular weight is 288 g/mol. The van der Waals surface area contributed by atoms with Crippen LogP contribution in [0.3, 0.4) is 0 Å². The van der Waals surface area contributed by atoms with E-state index in [-0.39, 0.29) is 0 Å². The Hall–Kier alpha value is 0.190. The highest BCUT2D eigenvalue weighted by Crippen LogP contribution is 2.22. The van der Waals surface area contributed by atoms with Gasteiger partial charge in [-0.2, -0.15) is 11.8 Å². The van der Waals surface area contributed by atoms with Crippen molar-refractivity contribution in [3.63, 3.8) is 0 Å². The first-order chi connectivity index (χ1) is 9.20. The van der Waals surface area contributed by atoms with Crippen molar-refractivity contribution in [3.05, 3.63) is 0 Å². The van der Waals surface area contributed by atoms with Crippen LogP contribution in [0.2, 0.25) is 0 Å². The van der Waals surface area contributed by atoms with Crippen LogP contribution in [0.4, 0.5) is 0 Å². The molecule has 2 heterocycles. The summed E-state index contributed by atoms with van der Waals surface area (Å²) in [5.74, 6) is 0.593. The van der Waals surface area contributed by atoms with Crippen molar-refractivity contribution in [2.75, 3.05) is 39.1 Å². The third-order valence-electron chi connectivity index (χ3n) is 4.25. The number of hydrogen-bond acceptors (Lipinski definition) is 5. The molecule has 2 N–H and O–H groups in total. The molecule has 0 aromatic carbocycles. The maximum Gasteiger partial charge on any atom is 0.0819 e. The Balaban J connectivity index is 1.77. The number of rotatable bonds is 5. The smallest absolute Gasteiger partial charge is 0.0819 e. The first-order valence-corrected chi connectivity index (χ1v) is 8.69. The summed E-state index contributed by atoms with van der Waals surface area (Å²) >= 11 is 1.88. The fraction of sp³-hybridized carbons (Fsp3) is 1.00. The van der Waals surface area contributed by atoms with E-state index >= 15 is 0 Å². The Labute approximate surface area is 121 Å². The molecule has 0 aliphatic carbocycles. The van der Waals surface area contributed by atoms with Crippen molar-refractivity contribution in [2.45, 2.75) is 43.8 Å². The van der Waals surface area contributed by atoms with Gasteiger partial charge in [0.05, 0.1) is 25.4 Å². The molecule has 5 unspecified atom stereocenters. The van der Waals surface area contributed by atoms with E-state index in [2.05, 4.69) is 30.7 Å². The molecule has 0 spiro atoms. The minimum atomic E-state index is 0.340. The Morgan fingerprint density at radius 3 is 2.84 bits per heavy atom. The molecule has 0 aromatic heterocycles. The average Bonchev–Trinajstić information content (AvgIpc) is 2.47. The molecule has 2 saturated heterocycles. The van der Waals surface area contributed by atoms with Crippen LogP contribution in [0.5, 0.6) is 0 Å². The quantitative estimate of drug-likeness (QED) is 0.793. The summed E-state index contributed by atoms with van der Waals surface area (Å²) in [6, 6.07) is 0.482. The van der Waals surface area contributed by atoms with Gasteiger partial charge in [0.1, 0.15) is 0 Å². The van der Waals surface area contributed by atoms with Gasteiger partial charge in [-0.15, -0.1) is 0 Å². The highest BCUT2D eigenvalue weighted by atomic mass is 32.2. The lowest BCUT2D eigenvalue weighted by atomic mass is 9.94. The topological polar surface area (TPSA) is 42.5 Å². The molecule has 2 aliphatic rings. The van der Waals surface area contributed by atoms with Crippen molar-refractivity contribution >= 4 is 11.8 Å². The molecular formula is C14H28N2O2S. The zero-order chi connectivity index (χ0) is 13.7. The van der Waals surface area contributed by atoms with Crippen LogP contribution < -0.4 is 10.6 Å². The minimum Gasteiger partial charge on any atom is -0.379 e. The van der Waals surface area contributed by atoms with E-state index in [1.54, 1.807) is 0 Å². The van der Waals surface area contributed by atoms with Gasteiger partial charge in [-0.05, 0) is 18.6 Å². The van der Waals surface area contributed by atoms with Crippen LogP contribution in [-0.4, -0.2) is 62.6 Å². The predicted molar refractivity (Wildman–Crippen MR) is 80.9 cm³/mol. The molecule has 19 heavy (non-hydrogen) atoms. The third kappa shape index (κ3) is 4.60. The minimum absolute atomic E-state index is 0.340. The summed E-state index contributed by atoms with van der Waals surface area (Å²) in [4.78, 5) is 0. The molecule has 2 aliphatic heterocycles. The Bertz CT molecular complexity index is 262. The number of morpholine rings is 2. The first-order valence-electron chi connectivity index (χ1n) is 7.40. The lowest BCUT2D eigenvalue weighted by Gasteiger charge is -2.37. The second-order valence-electron chi connectivity index (χ2n) is 5.74. The highest BCUT2D eigenvalue weighted by molar-refractivity contribution is 7.99. The number of nitrogens with one attached hydrogen (secondary N) is 2. The van der Waals surface area contributed by atoms with Gasteiger partial charge >= 0.3 is 0 Å². The van der Waals surface area contributed by atoms with Crippen molar-refractivity contribution in [1.29, 1.82) is 0 Å². The van der Waals surface area contributed by atoms with Crippen LogP contribution >= 0.6 is 11.8 Å². The standard InChI is InChI=1S/C14H28N2O2S/c1-10(13-9-17-5-4-16-13)6-12-7-15-8-14(18-12)11(2)19-3/h10-16H,4-9H2,1-3H3. The number of ether oxygens (including phenoxy) is 2. The molecule has 4 nitrogen and oxygen atoms in total. The molecule has 5 atom stereocenters. The van der Waals surface area contributed by atoms with Gasteiger partial charge in [0.15, 0.2) is 0 Å². The van der Waals surface area contributed by atoms with Crippen molar-refractivity contribution in [2.24, 2.45) is 5.92 Å². The lowest BCUT2D eigenvalue weighted by Crippen LogP contribution is -2.51. The van der Waals surface area contributed by atoms with Crippen molar-refractivity contribution < 1.29 is 9.47 Å². The Kier molecular flexibility index (Phi) is 6.42. The van der Waals surface area contributed by atoms with E-state index in [9.17, 15) is 0 Å². The third-order valence-corrected chi connectivity index (χ3v) is 5.30. The summed E-state index contributed by atoms with van der Waals surface area (Å²) in [5, 5.41) is 7.62. The van der Waals surface area contributed by atoms with Crippen molar-refractivity contribution in [3.8, 4) is 0 Å². The van der Waals surface area contributed by atoms with E-state index < -0.39 is 0 Å². The van der Waals surface area contributed by atoms with E-state index in [4.69, 9.17) is 9.47 Å². The maximum atomic E-state index is 6.25. The van der Waals surface area contributed by atoms with Crippen LogP contribution in [-0.2, 0) is 9.47 Å². The van der Waals surface area contributed by atoms with Gasteiger partial charge in [-0.25, -0.2) is 0 Å².